The van der Waals surface area contributed by atoms with Crippen LogP contribution in [0.3, 0.4) is 0 Å². The maximum Gasteiger partial charge on any atom is 0.242 e. The van der Waals surface area contributed by atoms with Crippen molar-refractivity contribution in [3.05, 3.63) is 39.2 Å². The van der Waals surface area contributed by atoms with Crippen molar-refractivity contribution in [1.82, 2.24) is 14.4 Å². The molecule has 7 heteroatoms. The molecule has 2 aliphatic heterocycles. The van der Waals surface area contributed by atoms with Gasteiger partial charge in [0.05, 0.1) is 5.69 Å². The summed E-state index contributed by atoms with van der Waals surface area (Å²) in [5.74, 6) is 0.452. The van der Waals surface area contributed by atoms with Gasteiger partial charge in [-0.2, -0.15) is 0 Å². The minimum absolute atomic E-state index is 0.0635. The lowest BCUT2D eigenvalue weighted by Gasteiger charge is -2.34. The minimum Gasteiger partial charge on any atom is -0.342 e. The van der Waals surface area contributed by atoms with Gasteiger partial charge >= 0.3 is 0 Å². The van der Waals surface area contributed by atoms with E-state index in [0.29, 0.717) is 19.0 Å². The number of rotatable bonds is 4. The molecular formula is C24H31N3O2S2. The highest BCUT2D eigenvalue weighted by atomic mass is 32.1. The molecule has 0 aliphatic carbocycles. The van der Waals surface area contributed by atoms with Gasteiger partial charge in [0, 0.05) is 37.5 Å². The first-order chi connectivity index (χ1) is 15.0. The van der Waals surface area contributed by atoms with Crippen molar-refractivity contribution in [2.75, 3.05) is 26.2 Å². The molecule has 4 rings (SSSR count). The van der Waals surface area contributed by atoms with Crippen molar-refractivity contribution >= 4 is 35.4 Å². The summed E-state index contributed by atoms with van der Waals surface area (Å²) < 4.78 is 2.66. The molecule has 0 radical (unpaired) electrons. The zero-order chi connectivity index (χ0) is 21.8. The molecule has 2 fully saturated rings. The third-order valence-electron chi connectivity index (χ3n) is 6.54. The lowest BCUT2D eigenvalue weighted by molar-refractivity contribution is -0.141. The molecule has 2 aliphatic rings. The Morgan fingerprint density at radius 3 is 2.26 bits per heavy atom. The smallest absolute Gasteiger partial charge is 0.242 e. The molecule has 0 spiro atoms. The van der Waals surface area contributed by atoms with E-state index in [9.17, 15) is 9.59 Å². The number of nitrogens with zero attached hydrogens (tertiary/aromatic N) is 3. The third kappa shape index (κ3) is 5.26. The number of piperidine rings is 1. The van der Waals surface area contributed by atoms with Crippen molar-refractivity contribution in [3.8, 4) is 11.3 Å². The van der Waals surface area contributed by atoms with Gasteiger partial charge in [-0.25, -0.2) is 0 Å². The van der Waals surface area contributed by atoms with E-state index in [-0.39, 0.29) is 18.4 Å². The molecule has 3 heterocycles. The van der Waals surface area contributed by atoms with Crippen LogP contribution in [0.4, 0.5) is 0 Å². The molecule has 166 valence electrons. The highest BCUT2D eigenvalue weighted by molar-refractivity contribution is 7.73. The van der Waals surface area contributed by atoms with Crippen LogP contribution in [0.5, 0.6) is 0 Å². The number of hydrogen-bond acceptors (Lipinski definition) is 4. The normalized spacial score (nSPS) is 18.1. The molecular weight excluding hydrogens is 426 g/mol. The maximum absolute atomic E-state index is 13.0. The molecule has 0 bridgehead atoms. The Morgan fingerprint density at radius 2 is 1.61 bits per heavy atom. The summed E-state index contributed by atoms with van der Waals surface area (Å²) in [7, 11) is 0. The number of thiazole rings is 1. The van der Waals surface area contributed by atoms with Crippen molar-refractivity contribution in [2.24, 2.45) is 5.92 Å². The van der Waals surface area contributed by atoms with Crippen LogP contribution in [0, 0.1) is 16.8 Å². The summed E-state index contributed by atoms with van der Waals surface area (Å²) in [6.07, 6.45) is 6.22. The Hall–Kier alpha value is -1.99. The van der Waals surface area contributed by atoms with E-state index < -0.39 is 0 Å². The van der Waals surface area contributed by atoms with Crippen LogP contribution in [-0.2, 0) is 16.1 Å². The highest BCUT2D eigenvalue weighted by Gasteiger charge is 2.30. The fourth-order valence-electron chi connectivity index (χ4n) is 4.59. The van der Waals surface area contributed by atoms with Crippen LogP contribution in [0.1, 0.15) is 44.1 Å². The van der Waals surface area contributed by atoms with Crippen molar-refractivity contribution < 1.29 is 9.59 Å². The molecule has 0 N–H and O–H groups in total. The van der Waals surface area contributed by atoms with E-state index >= 15 is 0 Å². The average Bonchev–Trinajstić information content (AvgIpc) is 2.98. The Balaban J connectivity index is 1.37. The Morgan fingerprint density at radius 1 is 0.968 bits per heavy atom. The molecule has 2 amide bonds. The van der Waals surface area contributed by atoms with Crippen LogP contribution in [0.25, 0.3) is 11.3 Å². The molecule has 31 heavy (non-hydrogen) atoms. The zero-order valence-corrected chi connectivity index (χ0v) is 19.8. The number of aryl methyl sites for hydroxylation is 1. The number of hydrogen-bond donors (Lipinski definition) is 0. The molecule has 5 nitrogen and oxygen atoms in total. The molecule has 2 saturated heterocycles. The highest BCUT2D eigenvalue weighted by Crippen LogP contribution is 2.26. The van der Waals surface area contributed by atoms with Crippen LogP contribution in [-0.4, -0.2) is 52.4 Å². The number of aromatic nitrogens is 1. The number of carbonyl (C=O) groups excluding carboxylic acids is 2. The van der Waals surface area contributed by atoms with E-state index in [2.05, 4.69) is 36.1 Å². The summed E-state index contributed by atoms with van der Waals surface area (Å²) in [5, 5.41) is 2.03. The lowest BCUT2D eigenvalue weighted by atomic mass is 9.95. The Labute approximate surface area is 193 Å². The second-order valence-electron chi connectivity index (χ2n) is 8.73. The van der Waals surface area contributed by atoms with Gasteiger partial charge in [-0.05, 0) is 50.4 Å². The van der Waals surface area contributed by atoms with Gasteiger partial charge < -0.3 is 14.4 Å². The predicted octanol–water partition coefficient (Wildman–Crippen LogP) is 4.90. The van der Waals surface area contributed by atoms with Gasteiger partial charge in [0.1, 0.15) is 6.54 Å². The monoisotopic (exact) mass is 457 g/mol. The summed E-state index contributed by atoms with van der Waals surface area (Å²) in [6, 6.07) is 8.31. The Kier molecular flexibility index (Phi) is 7.23. The SMILES string of the molecule is Cc1ccc(-c2csc(=S)n2CC(=O)N2CCC(C(=O)N3CCCCCC3)CC2)cc1. The zero-order valence-electron chi connectivity index (χ0n) is 18.2. The first kappa shape index (κ1) is 22.2. The van der Waals surface area contributed by atoms with E-state index in [0.717, 1.165) is 54.0 Å². The van der Waals surface area contributed by atoms with Crippen LogP contribution in [0.15, 0.2) is 29.6 Å². The topological polar surface area (TPSA) is 45.6 Å². The fraction of sp³-hybridized carbons (Fsp3) is 0.542. The number of benzene rings is 1. The average molecular weight is 458 g/mol. The first-order valence-corrected chi connectivity index (χ1v) is 12.6. The van der Waals surface area contributed by atoms with Crippen molar-refractivity contribution in [1.29, 1.82) is 0 Å². The number of likely N-dealkylation sites (tertiary alicyclic amines) is 2. The van der Waals surface area contributed by atoms with Gasteiger partial charge in [-0.3, -0.25) is 9.59 Å². The van der Waals surface area contributed by atoms with Crippen molar-refractivity contribution in [2.45, 2.75) is 52.0 Å². The van der Waals surface area contributed by atoms with E-state index in [1.54, 1.807) is 0 Å². The first-order valence-electron chi connectivity index (χ1n) is 11.3. The van der Waals surface area contributed by atoms with Gasteiger partial charge in [-0.1, -0.05) is 42.7 Å². The second-order valence-corrected chi connectivity index (χ2v) is 10.2. The van der Waals surface area contributed by atoms with E-state index in [4.69, 9.17) is 12.2 Å². The summed E-state index contributed by atoms with van der Waals surface area (Å²) in [6.45, 7) is 5.43. The largest absolute Gasteiger partial charge is 0.342 e. The summed E-state index contributed by atoms with van der Waals surface area (Å²) in [4.78, 5) is 29.9. The van der Waals surface area contributed by atoms with Gasteiger partial charge in [0.25, 0.3) is 0 Å². The quantitative estimate of drug-likeness (QED) is 0.614. The summed E-state index contributed by atoms with van der Waals surface area (Å²) >= 11 is 7.01. The molecule has 0 saturated carbocycles. The van der Waals surface area contributed by atoms with Gasteiger partial charge in [-0.15, -0.1) is 11.3 Å². The predicted molar refractivity (Wildman–Crippen MR) is 128 cm³/mol. The van der Waals surface area contributed by atoms with Crippen molar-refractivity contribution in [3.63, 3.8) is 0 Å². The van der Waals surface area contributed by atoms with Crippen LogP contribution >= 0.6 is 23.6 Å². The number of amides is 2. The fourth-order valence-corrected chi connectivity index (χ4v) is 5.66. The molecule has 0 unspecified atom stereocenters. The molecule has 1 aromatic carbocycles. The molecule has 0 atom stereocenters. The van der Waals surface area contributed by atoms with Crippen LogP contribution in [0.2, 0.25) is 0 Å². The lowest BCUT2D eigenvalue weighted by Crippen LogP contribution is -2.45. The van der Waals surface area contributed by atoms with Gasteiger partial charge in [0.15, 0.2) is 3.95 Å². The maximum atomic E-state index is 13.0. The minimum atomic E-state index is 0.0635. The third-order valence-corrected chi connectivity index (χ3v) is 7.81. The Bertz CT molecular complexity index is 963. The number of carbonyl (C=O) groups is 2. The molecule has 1 aromatic heterocycles. The van der Waals surface area contributed by atoms with E-state index in [1.807, 2.05) is 14.8 Å². The molecule has 2 aromatic rings. The standard InChI is InChI=1S/C24H31N3O2S2/c1-18-6-8-19(9-7-18)21-17-31-24(30)27(21)16-22(28)25-14-10-20(11-15-25)23(29)26-12-4-2-3-5-13-26/h6-9,17,20H,2-5,10-16H2,1H3. The van der Waals surface area contributed by atoms with E-state index in [1.165, 1.54) is 29.7 Å². The van der Waals surface area contributed by atoms with Gasteiger partial charge in [0.2, 0.25) is 11.8 Å². The second kappa shape index (κ2) is 10.1. The summed E-state index contributed by atoms with van der Waals surface area (Å²) in [5.41, 5.74) is 3.28. The van der Waals surface area contributed by atoms with Crippen LogP contribution < -0.4 is 0 Å².